The molecule has 0 fully saturated rings. The summed E-state index contributed by atoms with van der Waals surface area (Å²) in [4.78, 5) is 0. The summed E-state index contributed by atoms with van der Waals surface area (Å²) in [5.74, 6) is 0. The number of aryl methyl sites for hydroxylation is 1. The van der Waals surface area contributed by atoms with Crippen molar-refractivity contribution in [1.29, 1.82) is 0 Å². The van der Waals surface area contributed by atoms with E-state index < -0.39 is 0 Å². The van der Waals surface area contributed by atoms with Crippen LogP contribution in [0.1, 0.15) is 42.9 Å². The first-order valence-corrected chi connectivity index (χ1v) is 8.87. The van der Waals surface area contributed by atoms with E-state index in [4.69, 9.17) is 0 Å². The van der Waals surface area contributed by atoms with Crippen molar-refractivity contribution in [3.8, 4) is 11.1 Å². The molecule has 3 rings (SSSR count). The number of unbranched alkanes of at least 4 members (excludes halogenated alkanes) is 2. The molecule has 2 aromatic rings. The molecule has 0 saturated carbocycles. The highest BCUT2D eigenvalue weighted by Gasteiger charge is 2.22. The van der Waals surface area contributed by atoms with Gasteiger partial charge >= 0.3 is 0 Å². The zero-order valence-corrected chi connectivity index (χ0v) is 14.9. The monoisotopic (exact) mass is 392 g/mol. The van der Waals surface area contributed by atoms with Crippen LogP contribution < -0.4 is 0 Å². The van der Waals surface area contributed by atoms with Gasteiger partial charge in [0.25, 0.3) is 0 Å². The predicted octanol–water partition coefficient (Wildman–Crippen LogP) is 6.52. The Hall–Kier alpha value is -0.600. The number of hydrogen-bond donors (Lipinski definition) is 0. The van der Waals surface area contributed by atoms with Gasteiger partial charge in [-0.05, 0) is 71.3 Å². The van der Waals surface area contributed by atoms with Crippen LogP contribution in [0.5, 0.6) is 0 Å². The van der Waals surface area contributed by atoms with Crippen molar-refractivity contribution in [2.24, 2.45) is 0 Å². The van der Waals surface area contributed by atoms with Crippen LogP contribution in [0.2, 0.25) is 0 Å². The molecule has 104 valence electrons. The Morgan fingerprint density at radius 1 is 0.950 bits per heavy atom. The number of halogens is 2. The molecule has 2 aromatic carbocycles. The van der Waals surface area contributed by atoms with Gasteiger partial charge in [-0.25, -0.2) is 0 Å². The van der Waals surface area contributed by atoms with Crippen LogP contribution in [0.25, 0.3) is 11.1 Å². The Bertz CT molecular complexity index is 644. The molecule has 0 radical (unpaired) electrons. The fraction of sp³-hybridized carbons (Fsp3) is 0.333. The van der Waals surface area contributed by atoms with Crippen molar-refractivity contribution in [2.75, 3.05) is 0 Å². The normalized spacial score (nSPS) is 12.3. The van der Waals surface area contributed by atoms with Gasteiger partial charge in [0.2, 0.25) is 0 Å². The second-order valence-electron chi connectivity index (χ2n) is 5.53. The molecule has 0 N–H and O–H groups in total. The molecule has 1 aliphatic rings. The standard InChI is InChI=1S/C18H18Br2/c1-2-3-4-5-12-9-16(20)11-14-8-13-10-15(19)6-7-17(13)18(12)14/h6-7,9-11H,2-5,8H2,1H3. The van der Waals surface area contributed by atoms with Crippen molar-refractivity contribution in [3.05, 3.63) is 56.0 Å². The Balaban J connectivity index is 2.04. The Kier molecular flexibility index (Phi) is 4.32. The Morgan fingerprint density at radius 2 is 1.75 bits per heavy atom. The topological polar surface area (TPSA) is 0 Å². The van der Waals surface area contributed by atoms with Crippen molar-refractivity contribution in [1.82, 2.24) is 0 Å². The molecule has 0 atom stereocenters. The van der Waals surface area contributed by atoms with E-state index in [2.05, 4.69) is 69.1 Å². The fourth-order valence-corrected chi connectivity index (χ4v) is 4.09. The summed E-state index contributed by atoms with van der Waals surface area (Å²) in [5, 5.41) is 0. The molecule has 2 heteroatoms. The van der Waals surface area contributed by atoms with E-state index >= 15 is 0 Å². The van der Waals surface area contributed by atoms with Gasteiger partial charge in [-0.15, -0.1) is 0 Å². The minimum Gasteiger partial charge on any atom is -0.0654 e. The van der Waals surface area contributed by atoms with Crippen LogP contribution in [0.15, 0.2) is 39.3 Å². The smallest absolute Gasteiger partial charge is 0.0181 e. The number of fused-ring (bicyclic) bond motifs is 3. The molecule has 20 heavy (non-hydrogen) atoms. The van der Waals surface area contributed by atoms with Gasteiger partial charge < -0.3 is 0 Å². The summed E-state index contributed by atoms with van der Waals surface area (Å²) in [5.41, 5.74) is 7.35. The molecular formula is C18H18Br2. The van der Waals surface area contributed by atoms with Gasteiger partial charge in [0.05, 0.1) is 0 Å². The van der Waals surface area contributed by atoms with Crippen molar-refractivity contribution < 1.29 is 0 Å². The van der Waals surface area contributed by atoms with Gasteiger partial charge in [0.15, 0.2) is 0 Å². The van der Waals surface area contributed by atoms with Crippen LogP contribution in [0, 0.1) is 0 Å². The van der Waals surface area contributed by atoms with E-state index in [1.807, 2.05) is 0 Å². The van der Waals surface area contributed by atoms with Crippen molar-refractivity contribution in [2.45, 2.75) is 39.0 Å². The second-order valence-corrected chi connectivity index (χ2v) is 7.37. The summed E-state index contributed by atoms with van der Waals surface area (Å²) in [7, 11) is 0. The molecule has 0 aromatic heterocycles. The quantitative estimate of drug-likeness (QED) is 0.443. The molecule has 0 saturated heterocycles. The van der Waals surface area contributed by atoms with Gasteiger partial charge in [-0.2, -0.15) is 0 Å². The third-order valence-electron chi connectivity index (χ3n) is 4.03. The molecule has 0 bridgehead atoms. The first-order chi connectivity index (χ1) is 9.69. The Labute approximate surface area is 137 Å². The third-order valence-corrected chi connectivity index (χ3v) is 4.98. The van der Waals surface area contributed by atoms with E-state index in [-0.39, 0.29) is 0 Å². The van der Waals surface area contributed by atoms with E-state index in [9.17, 15) is 0 Å². The summed E-state index contributed by atoms with van der Waals surface area (Å²) in [6.45, 7) is 2.26. The highest BCUT2D eigenvalue weighted by Crippen LogP contribution is 2.42. The van der Waals surface area contributed by atoms with E-state index in [0.717, 1.165) is 6.42 Å². The molecule has 0 nitrogen and oxygen atoms in total. The average Bonchev–Trinajstić information content (AvgIpc) is 2.75. The summed E-state index contributed by atoms with van der Waals surface area (Å²) < 4.78 is 2.39. The van der Waals surface area contributed by atoms with E-state index in [0.29, 0.717) is 0 Å². The zero-order valence-electron chi connectivity index (χ0n) is 11.7. The molecule has 0 aliphatic heterocycles. The maximum atomic E-state index is 3.67. The van der Waals surface area contributed by atoms with Gasteiger partial charge in [-0.1, -0.05) is 57.7 Å². The average molecular weight is 394 g/mol. The van der Waals surface area contributed by atoms with Gasteiger partial charge in [-0.3, -0.25) is 0 Å². The summed E-state index contributed by atoms with van der Waals surface area (Å²) in [6, 6.07) is 11.3. The van der Waals surface area contributed by atoms with Gasteiger partial charge in [0, 0.05) is 8.95 Å². The van der Waals surface area contributed by atoms with Crippen molar-refractivity contribution >= 4 is 31.9 Å². The van der Waals surface area contributed by atoms with Crippen LogP contribution in [-0.4, -0.2) is 0 Å². The van der Waals surface area contributed by atoms with Gasteiger partial charge in [0.1, 0.15) is 0 Å². The maximum Gasteiger partial charge on any atom is 0.0181 e. The SMILES string of the molecule is CCCCCc1cc(Br)cc2c1-c1ccc(Br)cc1C2. The highest BCUT2D eigenvalue weighted by molar-refractivity contribution is 9.10. The number of benzene rings is 2. The maximum absolute atomic E-state index is 3.67. The minimum atomic E-state index is 1.06. The lowest BCUT2D eigenvalue weighted by atomic mass is 9.95. The van der Waals surface area contributed by atoms with Crippen molar-refractivity contribution in [3.63, 3.8) is 0 Å². The highest BCUT2D eigenvalue weighted by atomic mass is 79.9. The van der Waals surface area contributed by atoms with Crippen LogP contribution >= 0.6 is 31.9 Å². The minimum absolute atomic E-state index is 1.06. The molecule has 0 spiro atoms. The van der Waals surface area contributed by atoms with Crippen LogP contribution in [-0.2, 0) is 12.8 Å². The molecule has 1 aliphatic carbocycles. The Morgan fingerprint density at radius 3 is 2.55 bits per heavy atom. The lowest BCUT2D eigenvalue weighted by Gasteiger charge is -2.11. The molecular weight excluding hydrogens is 376 g/mol. The molecule has 0 heterocycles. The third kappa shape index (κ3) is 2.73. The summed E-state index contributed by atoms with van der Waals surface area (Å²) >= 11 is 7.26. The first kappa shape index (κ1) is 14.3. The fourth-order valence-electron chi connectivity index (χ4n) is 3.13. The summed E-state index contributed by atoms with van der Waals surface area (Å²) in [6.07, 6.45) is 6.12. The zero-order chi connectivity index (χ0) is 14.1. The molecule has 0 amide bonds. The lowest BCUT2D eigenvalue weighted by molar-refractivity contribution is 0.718. The number of hydrogen-bond acceptors (Lipinski definition) is 0. The van der Waals surface area contributed by atoms with Crippen LogP contribution in [0.3, 0.4) is 0 Å². The van der Waals surface area contributed by atoms with E-state index in [1.54, 1.807) is 0 Å². The van der Waals surface area contributed by atoms with Crippen LogP contribution in [0.4, 0.5) is 0 Å². The molecule has 0 unspecified atom stereocenters. The number of rotatable bonds is 4. The first-order valence-electron chi connectivity index (χ1n) is 7.29. The largest absolute Gasteiger partial charge is 0.0654 e. The lowest BCUT2D eigenvalue weighted by Crippen LogP contribution is -1.92. The predicted molar refractivity (Wildman–Crippen MR) is 93.3 cm³/mol. The van der Waals surface area contributed by atoms with E-state index in [1.165, 1.54) is 62.4 Å². The second kappa shape index (κ2) is 6.03.